The molecule has 1 saturated heterocycles. The highest BCUT2D eigenvalue weighted by molar-refractivity contribution is 6.33. The van der Waals surface area contributed by atoms with Crippen LogP contribution in [0.3, 0.4) is 0 Å². The molecule has 1 heterocycles. The summed E-state index contributed by atoms with van der Waals surface area (Å²) >= 11 is 5.68. The van der Waals surface area contributed by atoms with Crippen molar-refractivity contribution in [2.75, 3.05) is 19.6 Å². The maximum atomic E-state index is 13.0. The molecule has 0 unspecified atom stereocenters. The largest absolute Gasteiger partial charge is 0.352 e. The molecule has 0 aromatic heterocycles. The first kappa shape index (κ1) is 12.3. The number of hydrogen-bond acceptors (Lipinski definition) is 2. The van der Waals surface area contributed by atoms with E-state index in [9.17, 15) is 13.6 Å². The molecule has 1 aliphatic heterocycles. The molecule has 1 aromatic carbocycles. The summed E-state index contributed by atoms with van der Waals surface area (Å²) in [7, 11) is 0. The van der Waals surface area contributed by atoms with E-state index in [1.165, 1.54) is 0 Å². The van der Waals surface area contributed by atoms with Crippen LogP contribution in [0, 0.1) is 17.6 Å². The zero-order chi connectivity index (χ0) is 12.4. The van der Waals surface area contributed by atoms with Crippen molar-refractivity contribution >= 4 is 17.5 Å². The van der Waals surface area contributed by atoms with E-state index in [1.807, 2.05) is 0 Å². The van der Waals surface area contributed by atoms with Gasteiger partial charge >= 0.3 is 0 Å². The summed E-state index contributed by atoms with van der Waals surface area (Å²) in [4.78, 5) is 11.7. The van der Waals surface area contributed by atoms with E-state index in [0.717, 1.165) is 25.2 Å². The first-order valence-electron chi connectivity index (χ1n) is 5.21. The lowest BCUT2D eigenvalue weighted by molar-refractivity contribution is 0.0942. The quantitative estimate of drug-likeness (QED) is 0.810. The van der Waals surface area contributed by atoms with Crippen LogP contribution in [0.2, 0.25) is 5.02 Å². The molecule has 6 heteroatoms. The zero-order valence-electron chi connectivity index (χ0n) is 8.90. The number of benzene rings is 1. The van der Waals surface area contributed by atoms with Gasteiger partial charge in [-0.15, -0.1) is 0 Å². The lowest BCUT2D eigenvalue weighted by Crippen LogP contribution is -2.48. The van der Waals surface area contributed by atoms with E-state index < -0.39 is 17.5 Å². The minimum Gasteiger partial charge on any atom is -0.352 e. The summed E-state index contributed by atoms with van der Waals surface area (Å²) in [5.74, 6) is -2.23. The standard InChI is InChI=1S/C11H11ClF2N2O/c12-8-2-10(14)9(13)1-7(8)11(17)16-5-6-3-15-4-6/h1-2,6,15H,3-5H2,(H,16,17). The first-order chi connectivity index (χ1) is 8.08. The topological polar surface area (TPSA) is 41.1 Å². The Morgan fingerprint density at radius 2 is 2.06 bits per heavy atom. The minimum absolute atomic E-state index is 0.0437. The molecule has 2 rings (SSSR count). The molecule has 1 fully saturated rings. The molecule has 17 heavy (non-hydrogen) atoms. The Bertz CT molecular complexity index is 449. The van der Waals surface area contributed by atoms with Gasteiger partial charge in [0.2, 0.25) is 0 Å². The monoisotopic (exact) mass is 260 g/mol. The summed E-state index contributed by atoms with van der Waals surface area (Å²) in [5, 5.41) is 5.61. The Labute approximate surface area is 102 Å². The molecule has 2 N–H and O–H groups in total. The number of rotatable bonds is 3. The van der Waals surface area contributed by atoms with E-state index in [1.54, 1.807) is 0 Å². The van der Waals surface area contributed by atoms with Gasteiger partial charge in [0.15, 0.2) is 11.6 Å². The minimum atomic E-state index is -1.08. The lowest BCUT2D eigenvalue weighted by Gasteiger charge is -2.27. The van der Waals surface area contributed by atoms with Gasteiger partial charge in [-0.2, -0.15) is 0 Å². The summed E-state index contributed by atoms with van der Waals surface area (Å²) in [5.41, 5.74) is -0.0437. The third kappa shape index (κ3) is 2.73. The molecule has 0 saturated carbocycles. The predicted molar refractivity (Wildman–Crippen MR) is 60.1 cm³/mol. The predicted octanol–water partition coefficient (Wildman–Crippen LogP) is 1.57. The van der Waals surface area contributed by atoms with E-state index >= 15 is 0 Å². The summed E-state index contributed by atoms with van der Waals surface area (Å²) in [6.07, 6.45) is 0. The molecule has 1 aromatic rings. The highest BCUT2D eigenvalue weighted by Crippen LogP contribution is 2.20. The zero-order valence-corrected chi connectivity index (χ0v) is 9.65. The number of nitrogens with one attached hydrogen (secondary N) is 2. The van der Waals surface area contributed by atoms with Gasteiger partial charge in [-0.05, 0) is 12.1 Å². The Kier molecular flexibility index (Phi) is 3.59. The highest BCUT2D eigenvalue weighted by atomic mass is 35.5. The van der Waals surface area contributed by atoms with Crippen molar-refractivity contribution in [2.24, 2.45) is 5.92 Å². The van der Waals surface area contributed by atoms with E-state index in [4.69, 9.17) is 11.6 Å². The van der Waals surface area contributed by atoms with Crippen LogP contribution in [0.1, 0.15) is 10.4 Å². The van der Waals surface area contributed by atoms with Gasteiger partial charge in [-0.3, -0.25) is 4.79 Å². The van der Waals surface area contributed by atoms with Crippen LogP contribution >= 0.6 is 11.6 Å². The molecular weight excluding hydrogens is 250 g/mol. The molecule has 0 radical (unpaired) electrons. The third-order valence-corrected chi connectivity index (χ3v) is 2.98. The van der Waals surface area contributed by atoms with Crippen LogP contribution in [-0.4, -0.2) is 25.5 Å². The fourth-order valence-corrected chi connectivity index (χ4v) is 1.76. The Balaban J connectivity index is 2.04. The van der Waals surface area contributed by atoms with Gasteiger partial charge in [-0.1, -0.05) is 11.6 Å². The van der Waals surface area contributed by atoms with Crippen molar-refractivity contribution in [1.82, 2.24) is 10.6 Å². The summed E-state index contributed by atoms with van der Waals surface area (Å²) < 4.78 is 25.8. The van der Waals surface area contributed by atoms with E-state index in [-0.39, 0.29) is 10.6 Å². The smallest absolute Gasteiger partial charge is 0.252 e. The average molecular weight is 261 g/mol. The van der Waals surface area contributed by atoms with Crippen LogP contribution in [-0.2, 0) is 0 Å². The van der Waals surface area contributed by atoms with Crippen molar-refractivity contribution in [3.8, 4) is 0 Å². The van der Waals surface area contributed by atoms with Crippen LogP contribution in [0.5, 0.6) is 0 Å². The van der Waals surface area contributed by atoms with Crippen molar-refractivity contribution in [2.45, 2.75) is 0 Å². The van der Waals surface area contributed by atoms with Gasteiger partial charge in [-0.25, -0.2) is 8.78 Å². The number of carbonyl (C=O) groups is 1. The number of halogens is 3. The number of amides is 1. The van der Waals surface area contributed by atoms with Crippen LogP contribution in [0.4, 0.5) is 8.78 Å². The van der Waals surface area contributed by atoms with Crippen molar-refractivity contribution < 1.29 is 13.6 Å². The Morgan fingerprint density at radius 1 is 1.41 bits per heavy atom. The first-order valence-corrected chi connectivity index (χ1v) is 5.59. The fraction of sp³-hybridized carbons (Fsp3) is 0.364. The molecule has 0 bridgehead atoms. The summed E-state index contributed by atoms with van der Waals surface area (Å²) in [6.45, 7) is 2.21. The van der Waals surface area contributed by atoms with Crippen molar-refractivity contribution in [3.05, 3.63) is 34.4 Å². The molecule has 92 valence electrons. The molecule has 0 aliphatic carbocycles. The fourth-order valence-electron chi connectivity index (χ4n) is 1.52. The van der Waals surface area contributed by atoms with Crippen LogP contribution in [0.25, 0.3) is 0 Å². The van der Waals surface area contributed by atoms with Crippen LogP contribution < -0.4 is 10.6 Å². The maximum absolute atomic E-state index is 13.0. The highest BCUT2D eigenvalue weighted by Gasteiger charge is 2.19. The molecule has 1 amide bonds. The molecule has 1 aliphatic rings. The second-order valence-electron chi connectivity index (χ2n) is 3.98. The second kappa shape index (κ2) is 4.98. The SMILES string of the molecule is O=C(NCC1CNC1)c1cc(F)c(F)cc1Cl. The molecular formula is C11H11ClF2N2O. The normalized spacial score (nSPS) is 15.5. The van der Waals surface area contributed by atoms with Crippen LogP contribution in [0.15, 0.2) is 12.1 Å². The Hall–Kier alpha value is -1.20. The molecule has 0 atom stereocenters. The van der Waals surface area contributed by atoms with Gasteiger partial charge < -0.3 is 10.6 Å². The molecule has 3 nitrogen and oxygen atoms in total. The number of carbonyl (C=O) groups excluding carboxylic acids is 1. The van der Waals surface area contributed by atoms with Crippen molar-refractivity contribution in [3.63, 3.8) is 0 Å². The number of hydrogen-bond donors (Lipinski definition) is 2. The Morgan fingerprint density at radius 3 is 2.65 bits per heavy atom. The van der Waals surface area contributed by atoms with Gasteiger partial charge in [0, 0.05) is 25.6 Å². The lowest BCUT2D eigenvalue weighted by atomic mass is 10.0. The van der Waals surface area contributed by atoms with E-state index in [0.29, 0.717) is 12.5 Å². The third-order valence-electron chi connectivity index (χ3n) is 2.67. The summed E-state index contributed by atoms with van der Waals surface area (Å²) in [6, 6.07) is 1.61. The average Bonchev–Trinajstić information content (AvgIpc) is 2.21. The van der Waals surface area contributed by atoms with Gasteiger partial charge in [0.25, 0.3) is 5.91 Å². The second-order valence-corrected chi connectivity index (χ2v) is 4.39. The van der Waals surface area contributed by atoms with Gasteiger partial charge in [0.1, 0.15) is 0 Å². The van der Waals surface area contributed by atoms with E-state index in [2.05, 4.69) is 10.6 Å². The molecule has 0 spiro atoms. The maximum Gasteiger partial charge on any atom is 0.252 e. The van der Waals surface area contributed by atoms with Crippen molar-refractivity contribution in [1.29, 1.82) is 0 Å². The van der Waals surface area contributed by atoms with Gasteiger partial charge in [0.05, 0.1) is 10.6 Å².